The summed E-state index contributed by atoms with van der Waals surface area (Å²) in [5, 5.41) is 16.8. The molecule has 5 rings (SSSR count). The molecule has 1 fully saturated rings. The van der Waals surface area contributed by atoms with Gasteiger partial charge in [0.25, 0.3) is 5.91 Å². The molecule has 0 aromatic carbocycles. The number of piperidine rings is 1. The van der Waals surface area contributed by atoms with Crippen LogP contribution in [0.4, 0.5) is 5.82 Å². The number of fused-ring (bicyclic) bond motifs is 1. The number of pyridine rings is 3. The van der Waals surface area contributed by atoms with Crippen LogP contribution in [0.3, 0.4) is 0 Å². The third-order valence-corrected chi connectivity index (χ3v) is 7.06. The summed E-state index contributed by atoms with van der Waals surface area (Å²) in [6, 6.07) is 13.6. The van der Waals surface area contributed by atoms with Gasteiger partial charge in [-0.3, -0.25) is 9.78 Å². The number of halogens is 1. The van der Waals surface area contributed by atoms with Gasteiger partial charge in [-0.25, -0.2) is 9.50 Å². The van der Waals surface area contributed by atoms with Gasteiger partial charge < -0.3 is 10.2 Å². The third-order valence-electron chi connectivity index (χ3n) is 6.63. The van der Waals surface area contributed by atoms with Crippen molar-refractivity contribution in [2.75, 3.05) is 24.5 Å². The summed E-state index contributed by atoms with van der Waals surface area (Å²) in [6.07, 6.45) is 8.80. The van der Waals surface area contributed by atoms with E-state index in [2.05, 4.69) is 49.2 Å². The molecule has 0 saturated carbocycles. The van der Waals surface area contributed by atoms with Crippen LogP contribution in [0.2, 0.25) is 0 Å². The molecular weight excluding hydrogens is 506 g/mol. The minimum absolute atomic E-state index is 0.0263. The van der Waals surface area contributed by atoms with E-state index in [0.717, 1.165) is 52.9 Å². The van der Waals surface area contributed by atoms with Gasteiger partial charge in [-0.2, -0.15) is 10.4 Å². The number of hydrogen-bond acceptors (Lipinski definition) is 6. The van der Waals surface area contributed by atoms with Crippen molar-refractivity contribution >= 4 is 33.2 Å². The fraction of sp³-hybridized carbons (Fsp3) is 0.269. The molecule has 35 heavy (non-hydrogen) atoms. The maximum atomic E-state index is 12.4. The summed E-state index contributed by atoms with van der Waals surface area (Å²) in [5.74, 6) is 0.791. The van der Waals surface area contributed by atoms with E-state index >= 15 is 0 Å². The lowest BCUT2D eigenvalue weighted by Crippen LogP contribution is -2.45. The number of rotatable bonds is 5. The zero-order chi connectivity index (χ0) is 24.4. The number of nitrogens with one attached hydrogen (secondary N) is 1. The third kappa shape index (κ3) is 4.75. The van der Waals surface area contributed by atoms with Crippen molar-refractivity contribution in [2.24, 2.45) is 5.41 Å². The number of aromatic nitrogens is 4. The first-order chi connectivity index (χ1) is 17.0. The second kappa shape index (κ2) is 9.47. The minimum atomic E-state index is -0.133. The zero-order valence-corrected chi connectivity index (χ0v) is 20.9. The largest absolute Gasteiger partial charge is 0.357 e. The summed E-state index contributed by atoms with van der Waals surface area (Å²) in [6.45, 7) is 4.57. The number of carbonyl (C=O) groups excluding carboxylic acids is 1. The standard InChI is InChI=1S/C26H24BrN7O/c1-26(17-31-25(35)22-4-2-3-9-29-22)7-10-33(11-8-26)23-6-5-18(14-30-23)21-12-20(27)16-34-24(21)19(13-28)15-32-34/h2-6,9,12,14-16H,7-8,10-11,17H2,1H3,(H,31,35). The molecule has 8 nitrogen and oxygen atoms in total. The van der Waals surface area contributed by atoms with Crippen molar-refractivity contribution in [1.82, 2.24) is 24.9 Å². The Labute approximate surface area is 211 Å². The molecule has 1 aliphatic heterocycles. The second-order valence-corrected chi connectivity index (χ2v) is 10.1. The first-order valence-corrected chi connectivity index (χ1v) is 12.2. The van der Waals surface area contributed by atoms with E-state index in [1.165, 1.54) is 0 Å². The van der Waals surface area contributed by atoms with Crippen LogP contribution in [-0.2, 0) is 0 Å². The van der Waals surface area contributed by atoms with Gasteiger partial charge in [-0.1, -0.05) is 13.0 Å². The fourth-order valence-corrected chi connectivity index (χ4v) is 4.88. The molecule has 5 heterocycles. The van der Waals surface area contributed by atoms with E-state index < -0.39 is 0 Å². The molecule has 1 saturated heterocycles. The van der Waals surface area contributed by atoms with Crippen LogP contribution < -0.4 is 10.2 Å². The Balaban J connectivity index is 1.25. The predicted octanol–water partition coefficient (Wildman–Crippen LogP) is 4.46. The highest BCUT2D eigenvalue weighted by Crippen LogP contribution is 2.34. The van der Waals surface area contributed by atoms with Crippen molar-refractivity contribution in [3.05, 3.63) is 76.9 Å². The van der Waals surface area contributed by atoms with Crippen LogP contribution in [0.15, 0.2) is 65.7 Å². The summed E-state index contributed by atoms with van der Waals surface area (Å²) in [5.41, 5.74) is 3.60. The number of carbonyl (C=O) groups is 1. The van der Waals surface area contributed by atoms with Gasteiger partial charge in [0.05, 0.1) is 17.3 Å². The van der Waals surface area contributed by atoms with Crippen molar-refractivity contribution in [1.29, 1.82) is 5.26 Å². The SMILES string of the molecule is CC1(CNC(=O)c2ccccn2)CCN(c2ccc(-c3cc(Br)cn4ncc(C#N)c34)cn2)CC1. The summed E-state index contributed by atoms with van der Waals surface area (Å²) >= 11 is 3.53. The first-order valence-electron chi connectivity index (χ1n) is 11.4. The molecule has 1 amide bonds. The van der Waals surface area contributed by atoms with E-state index in [0.29, 0.717) is 17.8 Å². The number of amides is 1. The highest BCUT2D eigenvalue weighted by molar-refractivity contribution is 9.10. The lowest BCUT2D eigenvalue weighted by atomic mass is 9.80. The Morgan fingerprint density at radius 1 is 1.20 bits per heavy atom. The summed E-state index contributed by atoms with van der Waals surface area (Å²) in [7, 11) is 0. The molecule has 1 aliphatic rings. The van der Waals surface area contributed by atoms with Crippen molar-refractivity contribution in [3.63, 3.8) is 0 Å². The normalized spacial score (nSPS) is 15.1. The average Bonchev–Trinajstić information content (AvgIpc) is 3.31. The van der Waals surface area contributed by atoms with Gasteiger partial charge in [0.2, 0.25) is 0 Å². The minimum Gasteiger partial charge on any atom is -0.357 e. The molecule has 0 radical (unpaired) electrons. The van der Waals surface area contributed by atoms with Gasteiger partial charge in [-0.15, -0.1) is 0 Å². The Kier molecular flexibility index (Phi) is 6.22. The molecule has 0 spiro atoms. The van der Waals surface area contributed by atoms with Gasteiger partial charge in [0, 0.05) is 53.8 Å². The van der Waals surface area contributed by atoms with E-state index in [4.69, 9.17) is 4.98 Å². The van der Waals surface area contributed by atoms with E-state index in [1.54, 1.807) is 29.0 Å². The monoisotopic (exact) mass is 529 g/mol. The van der Waals surface area contributed by atoms with Crippen molar-refractivity contribution < 1.29 is 4.79 Å². The van der Waals surface area contributed by atoms with Crippen molar-refractivity contribution in [2.45, 2.75) is 19.8 Å². The number of nitriles is 1. The quantitative estimate of drug-likeness (QED) is 0.409. The fourth-order valence-electron chi connectivity index (χ4n) is 4.46. The molecule has 176 valence electrons. The highest BCUT2D eigenvalue weighted by Gasteiger charge is 2.31. The second-order valence-electron chi connectivity index (χ2n) is 9.14. The van der Waals surface area contributed by atoms with E-state index in [-0.39, 0.29) is 11.3 Å². The zero-order valence-electron chi connectivity index (χ0n) is 19.3. The summed E-state index contributed by atoms with van der Waals surface area (Å²) in [4.78, 5) is 23.5. The molecule has 0 atom stereocenters. The Morgan fingerprint density at radius 3 is 2.71 bits per heavy atom. The highest BCUT2D eigenvalue weighted by atomic mass is 79.9. The number of anilines is 1. The summed E-state index contributed by atoms with van der Waals surface area (Å²) < 4.78 is 2.59. The Morgan fingerprint density at radius 2 is 2.03 bits per heavy atom. The smallest absolute Gasteiger partial charge is 0.269 e. The lowest BCUT2D eigenvalue weighted by molar-refractivity contribution is 0.0920. The molecule has 0 aliphatic carbocycles. The maximum Gasteiger partial charge on any atom is 0.269 e. The molecule has 0 unspecified atom stereocenters. The molecule has 0 bridgehead atoms. The van der Waals surface area contributed by atoms with E-state index in [1.807, 2.05) is 36.7 Å². The average molecular weight is 530 g/mol. The van der Waals surface area contributed by atoms with E-state index in [9.17, 15) is 10.1 Å². The molecule has 9 heteroatoms. The van der Waals surface area contributed by atoms with Gasteiger partial charge in [0.1, 0.15) is 17.6 Å². The molecular formula is C26H24BrN7O. The molecule has 1 N–H and O–H groups in total. The van der Waals surface area contributed by atoms with Crippen LogP contribution in [-0.4, -0.2) is 45.1 Å². The van der Waals surface area contributed by atoms with Gasteiger partial charge in [-0.05, 0) is 64.5 Å². The van der Waals surface area contributed by atoms with Crippen LogP contribution in [0.5, 0.6) is 0 Å². The number of nitrogens with zero attached hydrogens (tertiary/aromatic N) is 6. The lowest BCUT2D eigenvalue weighted by Gasteiger charge is -2.40. The number of hydrogen-bond donors (Lipinski definition) is 1. The Bertz CT molecular complexity index is 1400. The van der Waals surface area contributed by atoms with Crippen LogP contribution in [0, 0.1) is 16.7 Å². The predicted molar refractivity (Wildman–Crippen MR) is 137 cm³/mol. The first kappa shape index (κ1) is 23.0. The maximum absolute atomic E-state index is 12.4. The molecule has 4 aromatic rings. The van der Waals surface area contributed by atoms with Crippen LogP contribution >= 0.6 is 15.9 Å². The topological polar surface area (TPSA) is 99.2 Å². The van der Waals surface area contributed by atoms with Crippen LogP contribution in [0.25, 0.3) is 16.6 Å². The van der Waals surface area contributed by atoms with Gasteiger partial charge >= 0.3 is 0 Å². The molecule has 4 aromatic heterocycles. The van der Waals surface area contributed by atoms with Crippen LogP contribution in [0.1, 0.15) is 35.8 Å². The Hall–Kier alpha value is -3.77. The van der Waals surface area contributed by atoms with Gasteiger partial charge in [0.15, 0.2) is 0 Å². The van der Waals surface area contributed by atoms with Crippen molar-refractivity contribution in [3.8, 4) is 17.2 Å².